The lowest BCUT2D eigenvalue weighted by Crippen LogP contribution is -2.20. The maximum Gasteiger partial charge on any atom is 0.305 e. The molecule has 0 aliphatic rings. The van der Waals surface area contributed by atoms with Gasteiger partial charge in [-0.25, -0.2) is 0 Å². The molecule has 0 spiro atoms. The van der Waals surface area contributed by atoms with Crippen molar-refractivity contribution >= 4 is 22.4 Å². The molecule has 0 aliphatic carbocycles. The van der Waals surface area contributed by atoms with E-state index in [0.29, 0.717) is 13.2 Å². The van der Waals surface area contributed by atoms with Crippen LogP contribution in [0, 0.1) is 0 Å². The summed E-state index contributed by atoms with van der Waals surface area (Å²) >= 11 is 0. The minimum absolute atomic E-state index is 0.129. The van der Waals surface area contributed by atoms with E-state index in [1.807, 2.05) is 30.1 Å². The average Bonchev–Trinajstić information content (AvgIpc) is 2.69. The van der Waals surface area contributed by atoms with Crippen LogP contribution >= 0.6 is 0 Å². The Bertz CT molecular complexity index is 893. The zero-order valence-electron chi connectivity index (χ0n) is 15.6. The SMILES string of the molecule is CN(CCC(=O)O)c1ccc2cc(OCCCc3ccccc3)ccc2c1. The summed E-state index contributed by atoms with van der Waals surface area (Å²) in [6, 6.07) is 22.7. The second-order valence-electron chi connectivity index (χ2n) is 6.70. The van der Waals surface area contributed by atoms with E-state index in [4.69, 9.17) is 9.84 Å². The van der Waals surface area contributed by atoms with Gasteiger partial charge in [-0.15, -0.1) is 0 Å². The molecule has 0 aromatic heterocycles. The van der Waals surface area contributed by atoms with Crippen LogP contribution in [0.4, 0.5) is 5.69 Å². The Morgan fingerprint density at radius 3 is 2.52 bits per heavy atom. The van der Waals surface area contributed by atoms with E-state index in [1.54, 1.807) is 0 Å². The Morgan fingerprint density at radius 1 is 1.00 bits per heavy atom. The van der Waals surface area contributed by atoms with Gasteiger partial charge < -0.3 is 14.7 Å². The minimum Gasteiger partial charge on any atom is -0.494 e. The summed E-state index contributed by atoms with van der Waals surface area (Å²) in [5.41, 5.74) is 2.35. The van der Waals surface area contributed by atoms with Gasteiger partial charge in [-0.2, -0.15) is 0 Å². The lowest BCUT2D eigenvalue weighted by Gasteiger charge is -2.19. The third-order valence-corrected chi connectivity index (χ3v) is 4.62. The molecule has 3 rings (SSSR count). The maximum absolute atomic E-state index is 10.7. The fourth-order valence-electron chi connectivity index (χ4n) is 3.04. The van der Waals surface area contributed by atoms with Crippen LogP contribution in [0.3, 0.4) is 0 Å². The highest BCUT2D eigenvalue weighted by Gasteiger charge is 2.06. The first-order chi connectivity index (χ1) is 13.1. The molecule has 3 aromatic carbocycles. The van der Waals surface area contributed by atoms with E-state index in [0.717, 1.165) is 35.1 Å². The van der Waals surface area contributed by atoms with Crippen LogP contribution in [0.2, 0.25) is 0 Å². The van der Waals surface area contributed by atoms with Gasteiger partial charge in [-0.1, -0.05) is 42.5 Å². The smallest absolute Gasteiger partial charge is 0.305 e. The first-order valence-electron chi connectivity index (χ1n) is 9.25. The molecular weight excluding hydrogens is 338 g/mol. The summed E-state index contributed by atoms with van der Waals surface area (Å²) in [4.78, 5) is 12.7. The van der Waals surface area contributed by atoms with Crippen LogP contribution in [0.25, 0.3) is 10.8 Å². The molecule has 27 heavy (non-hydrogen) atoms. The Hall–Kier alpha value is -3.01. The highest BCUT2D eigenvalue weighted by Crippen LogP contribution is 2.25. The molecule has 0 heterocycles. The van der Waals surface area contributed by atoms with Gasteiger partial charge in [0.15, 0.2) is 0 Å². The van der Waals surface area contributed by atoms with Gasteiger partial charge in [0.1, 0.15) is 5.75 Å². The number of rotatable bonds is 9. The maximum atomic E-state index is 10.7. The molecule has 0 unspecified atom stereocenters. The average molecular weight is 363 g/mol. The topological polar surface area (TPSA) is 49.8 Å². The fraction of sp³-hybridized carbons (Fsp3) is 0.261. The zero-order valence-corrected chi connectivity index (χ0v) is 15.6. The number of carbonyl (C=O) groups is 1. The predicted octanol–water partition coefficient (Wildman–Crippen LogP) is 4.76. The molecule has 0 aliphatic heterocycles. The molecular formula is C23H25NO3. The van der Waals surface area contributed by atoms with Crippen LogP contribution in [-0.2, 0) is 11.2 Å². The van der Waals surface area contributed by atoms with Crippen molar-refractivity contribution in [1.82, 2.24) is 0 Å². The van der Waals surface area contributed by atoms with Crippen LogP contribution in [0.5, 0.6) is 5.75 Å². The highest BCUT2D eigenvalue weighted by atomic mass is 16.5. The van der Waals surface area contributed by atoms with Crippen molar-refractivity contribution in [2.75, 3.05) is 25.1 Å². The molecule has 3 aromatic rings. The standard InChI is InChI=1S/C23H25NO3/c1-24(14-13-23(25)26)21-11-9-20-17-22(12-10-19(20)16-21)27-15-5-8-18-6-3-2-4-7-18/h2-4,6-7,9-12,16-17H,5,8,13-15H2,1H3,(H,25,26). The Labute approximate surface area is 160 Å². The first-order valence-corrected chi connectivity index (χ1v) is 9.25. The van der Waals surface area contributed by atoms with Crippen molar-refractivity contribution < 1.29 is 14.6 Å². The van der Waals surface area contributed by atoms with Crippen LogP contribution in [-0.4, -0.2) is 31.3 Å². The first kappa shape index (κ1) is 18.8. The highest BCUT2D eigenvalue weighted by molar-refractivity contribution is 5.87. The van der Waals surface area contributed by atoms with Crippen molar-refractivity contribution in [1.29, 1.82) is 0 Å². The van der Waals surface area contributed by atoms with Crippen molar-refractivity contribution in [2.24, 2.45) is 0 Å². The number of aliphatic carboxylic acids is 1. The second kappa shape index (κ2) is 9.08. The molecule has 4 heteroatoms. The van der Waals surface area contributed by atoms with E-state index in [1.165, 1.54) is 5.56 Å². The minimum atomic E-state index is -0.781. The lowest BCUT2D eigenvalue weighted by atomic mass is 10.1. The van der Waals surface area contributed by atoms with Crippen LogP contribution < -0.4 is 9.64 Å². The third kappa shape index (κ3) is 5.48. The number of nitrogens with zero attached hydrogens (tertiary/aromatic N) is 1. The van der Waals surface area contributed by atoms with E-state index in [2.05, 4.69) is 48.5 Å². The van der Waals surface area contributed by atoms with Crippen molar-refractivity contribution in [2.45, 2.75) is 19.3 Å². The van der Waals surface area contributed by atoms with Gasteiger partial charge in [0.25, 0.3) is 0 Å². The number of carboxylic acid groups (broad SMARTS) is 1. The summed E-state index contributed by atoms with van der Waals surface area (Å²) in [7, 11) is 1.91. The Morgan fingerprint density at radius 2 is 1.74 bits per heavy atom. The van der Waals surface area contributed by atoms with E-state index < -0.39 is 5.97 Å². The van der Waals surface area contributed by atoms with E-state index in [-0.39, 0.29) is 6.42 Å². The Kier molecular flexibility index (Phi) is 6.31. The number of hydrogen-bond donors (Lipinski definition) is 1. The molecule has 0 radical (unpaired) electrons. The molecule has 0 atom stereocenters. The molecule has 0 amide bonds. The van der Waals surface area contributed by atoms with Gasteiger partial charge >= 0.3 is 5.97 Å². The monoisotopic (exact) mass is 363 g/mol. The van der Waals surface area contributed by atoms with Gasteiger partial charge in [-0.3, -0.25) is 4.79 Å². The summed E-state index contributed by atoms with van der Waals surface area (Å²) in [6.45, 7) is 1.18. The molecule has 0 saturated heterocycles. The largest absolute Gasteiger partial charge is 0.494 e. The summed E-state index contributed by atoms with van der Waals surface area (Å²) < 4.78 is 5.90. The summed E-state index contributed by atoms with van der Waals surface area (Å²) in [5, 5.41) is 11.1. The van der Waals surface area contributed by atoms with Gasteiger partial charge in [0, 0.05) is 19.3 Å². The summed E-state index contributed by atoms with van der Waals surface area (Å²) in [6.07, 6.45) is 2.13. The molecule has 0 bridgehead atoms. The number of hydrogen-bond acceptors (Lipinski definition) is 3. The van der Waals surface area contributed by atoms with E-state index in [9.17, 15) is 4.79 Å². The number of carboxylic acids is 1. The van der Waals surface area contributed by atoms with Crippen LogP contribution in [0.1, 0.15) is 18.4 Å². The number of benzene rings is 3. The second-order valence-corrected chi connectivity index (χ2v) is 6.70. The van der Waals surface area contributed by atoms with Gasteiger partial charge in [0.05, 0.1) is 13.0 Å². The number of fused-ring (bicyclic) bond motifs is 1. The zero-order chi connectivity index (χ0) is 19.1. The molecule has 0 saturated carbocycles. The molecule has 140 valence electrons. The number of aryl methyl sites for hydroxylation is 1. The normalized spacial score (nSPS) is 10.7. The van der Waals surface area contributed by atoms with Crippen LogP contribution in [0.15, 0.2) is 66.7 Å². The molecule has 1 N–H and O–H groups in total. The Balaban J connectivity index is 1.57. The van der Waals surface area contributed by atoms with Crippen molar-refractivity contribution in [3.05, 3.63) is 72.3 Å². The van der Waals surface area contributed by atoms with Gasteiger partial charge in [0.2, 0.25) is 0 Å². The summed E-state index contributed by atoms with van der Waals surface area (Å²) in [5.74, 6) is 0.0965. The number of anilines is 1. The molecule has 4 nitrogen and oxygen atoms in total. The van der Waals surface area contributed by atoms with Crippen molar-refractivity contribution in [3.63, 3.8) is 0 Å². The third-order valence-electron chi connectivity index (χ3n) is 4.62. The molecule has 0 fully saturated rings. The number of ether oxygens (including phenoxy) is 1. The van der Waals surface area contributed by atoms with E-state index >= 15 is 0 Å². The lowest BCUT2D eigenvalue weighted by molar-refractivity contribution is -0.136. The van der Waals surface area contributed by atoms with Crippen molar-refractivity contribution in [3.8, 4) is 5.75 Å². The van der Waals surface area contributed by atoms with Gasteiger partial charge in [-0.05, 0) is 53.4 Å². The fourth-order valence-corrected chi connectivity index (χ4v) is 3.04. The quantitative estimate of drug-likeness (QED) is 0.557. The predicted molar refractivity (Wildman–Crippen MR) is 110 cm³/mol.